The summed E-state index contributed by atoms with van der Waals surface area (Å²) in [5.74, 6) is 1.96. The van der Waals surface area contributed by atoms with Crippen molar-refractivity contribution in [3.8, 4) is 11.5 Å². The van der Waals surface area contributed by atoms with Crippen LogP contribution >= 0.6 is 0 Å². The monoisotopic (exact) mass is 298 g/mol. The molecular weight excluding hydrogens is 276 g/mol. The normalized spacial score (nSPS) is 10.3. The van der Waals surface area contributed by atoms with Crippen LogP contribution in [0, 0.1) is 0 Å². The standard InChI is InChI=1S/C19H22O3/c1-21-18-9-5-3-7-15(18)11-13-17(20)14-12-16-8-4-6-10-19(16)22-2/h3-10H,11-14H2,1-2H3. The summed E-state index contributed by atoms with van der Waals surface area (Å²) < 4.78 is 10.6. The first kappa shape index (κ1) is 16.1. The molecule has 0 aliphatic rings. The maximum absolute atomic E-state index is 12.1. The Morgan fingerprint density at radius 2 is 1.18 bits per heavy atom. The lowest BCUT2D eigenvalue weighted by Gasteiger charge is -2.09. The zero-order valence-corrected chi connectivity index (χ0v) is 13.2. The lowest BCUT2D eigenvalue weighted by Crippen LogP contribution is -2.04. The zero-order valence-electron chi connectivity index (χ0n) is 13.2. The molecule has 0 aliphatic heterocycles. The number of methoxy groups -OCH3 is 2. The Kier molecular flexibility index (Phi) is 6.01. The summed E-state index contributed by atoms with van der Waals surface area (Å²) in [5, 5.41) is 0. The van der Waals surface area contributed by atoms with Crippen molar-refractivity contribution >= 4 is 5.78 Å². The van der Waals surface area contributed by atoms with Crippen molar-refractivity contribution < 1.29 is 14.3 Å². The van der Waals surface area contributed by atoms with Crippen LogP contribution in [0.4, 0.5) is 0 Å². The fourth-order valence-electron chi connectivity index (χ4n) is 2.49. The number of hydrogen-bond acceptors (Lipinski definition) is 3. The molecular formula is C19H22O3. The van der Waals surface area contributed by atoms with E-state index < -0.39 is 0 Å². The van der Waals surface area contributed by atoms with Gasteiger partial charge in [-0.2, -0.15) is 0 Å². The molecule has 0 fully saturated rings. The van der Waals surface area contributed by atoms with E-state index in [1.165, 1.54) is 0 Å². The number of para-hydroxylation sites is 2. The molecule has 0 aromatic heterocycles. The van der Waals surface area contributed by atoms with Crippen LogP contribution < -0.4 is 9.47 Å². The van der Waals surface area contributed by atoms with E-state index in [4.69, 9.17) is 9.47 Å². The van der Waals surface area contributed by atoms with Crippen LogP contribution in [0.2, 0.25) is 0 Å². The second-order valence-electron chi connectivity index (χ2n) is 5.16. The summed E-state index contributed by atoms with van der Waals surface area (Å²) in [6.45, 7) is 0. The van der Waals surface area contributed by atoms with E-state index in [1.807, 2.05) is 48.5 Å². The highest BCUT2D eigenvalue weighted by Gasteiger charge is 2.08. The van der Waals surface area contributed by atoms with Crippen LogP contribution in [0.3, 0.4) is 0 Å². The highest BCUT2D eigenvalue weighted by Crippen LogP contribution is 2.21. The third-order valence-corrected chi connectivity index (χ3v) is 3.73. The lowest BCUT2D eigenvalue weighted by atomic mass is 10.0. The zero-order chi connectivity index (χ0) is 15.8. The molecule has 0 atom stereocenters. The van der Waals surface area contributed by atoms with Crippen molar-refractivity contribution in [2.24, 2.45) is 0 Å². The third kappa shape index (κ3) is 4.35. The van der Waals surface area contributed by atoms with Gasteiger partial charge in [0.15, 0.2) is 0 Å². The molecule has 0 saturated carbocycles. The molecule has 0 amide bonds. The molecule has 3 heteroatoms. The molecule has 116 valence electrons. The van der Waals surface area contributed by atoms with Crippen LogP contribution in [0.15, 0.2) is 48.5 Å². The summed E-state index contributed by atoms with van der Waals surface area (Å²) in [4.78, 5) is 12.1. The summed E-state index contributed by atoms with van der Waals surface area (Å²) in [6.07, 6.45) is 2.51. The van der Waals surface area contributed by atoms with E-state index in [9.17, 15) is 4.79 Å². The number of benzene rings is 2. The minimum absolute atomic E-state index is 0.261. The molecule has 2 rings (SSSR count). The summed E-state index contributed by atoms with van der Waals surface area (Å²) in [5.41, 5.74) is 2.16. The topological polar surface area (TPSA) is 35.5 Å². The number of rotatable bonds is 8. The van der Waals surface area contributed by atoms with Gasteiger partial charge in [0.05, 0.1) is 14.2 Å². The Morgan fingerprint density at radius 3 is 1.59 bits per heavy atom. The smallest absolute Gasteiger partial charge is 0.133 e. The van der Waals surface area contributed by atoms with Gasteiger partial charge >= 0.3 is 0 Å². The number of aryl methyl sites for hydroxylation is 2. The van der Waals surface area contributed by atoms with Gasteiger partial charge < -0.3 is 9.47 Å². The fraction of sp³-hybridized carbons (Fsp3) is 0.316. The van der Waals surface area contributed by atoms with Gasteiger partial charge in [0.25, 0.3) is 0 Å². The number of carbonyl (C=O) groups excluding carboxylic acids is 1. The van der Waals surface area contributed by atoms with Gasteiger partial charge in [0, 0.05) is 12.8 Å². The molecule has 22 heavy (non-hydrogen) atoms. The number of ketones is 1. The lowest BCUT2D eigenvalue weighted by molar-refractivity contribution is -0.119. The van der Waals surface area contributed by atoms with Gasteiger partial charge in [-0.1, -0.05) is 36.4 Å². The number of hydrogen-bond donors (Lipinski definition) is 0. The van der Waals surface area contributed by atoms with Crippen LogP contribution in [-0.2, 0) is 17.6 Å². The molecule has 0 unspecified atom stereocenters. The Morgan fingerprint density at radius 1 is 0.773 bits per heavy atom. The second kappa shape index (κ2) is 8.23. The minimum atomic E-state index is 0.261. The highest BCUT2D eigenvalue weighted by atomic mass is 16.5. The maximum atomic E-state index is 12.1. The molecule has 0 bridgehead atoms. The first-order valence-electron chi connectivity index (χ1n) is 7.50. The van der Waals surface area contributed by atoms with E-state index in [0.717, 1.165) is 35.5 Å². The molecule has 0 saturated heterocycles. The first-order valence-corrected chi connectivity index (χ1v) is 7.50. The van der Waals surface area contributed by atoms with Crippen molar-refractivity contribution in [1.29, 1.82) is 0 Å². The van der Waals surface area contributed by atoms with Crippen molar-refractivity contribution in [3.63, 3.8) is 0 Å². The Balaban J connectivity index is 1.86. The largest absolute Gasteiger partial charge is 0.496 e. The van der Waals surface area contributed by atoms with E-state index in [0.29, 0.717) is 12.8 Å². The second-order valence-corrected chi connectivity index (χ2v) is 5.16. The van der Waals surface area contributed by atoms with Crippen molar-refractivity contribution in [1.82, 2.24) is 0 Å². The van der Waals surface area contributed by atoms with Gasteiger partial charge in [-0.15, -0.1) is 0 Å². The summed E-state index contributed by atoms with van der Waals surface area (Å²) >= 11 is 0. The Labute approximate surface area is 131 Å². The first-order chi connectivity index (χ1) is 10.7. The van der Waals surface area contributed by atoms with Gasteiger partial charge in [0.2, 0.25) is 0 Å². The molecule has 0 N–H and O–H groups in total. The van der Waals surface area contributed by atoms with E-state index in [1.54, 1.807) is 14.2 Å². The van der Waals surface area contributed by atoms with E-state index >= 15 is 0 Å². The van der Waals surface area contributed by atoms with Crippen LogP contribution in [0.25, 0.3) is 0 Å². The van der Waals surface area contributed by atoms with Crippen molar-refractivity contribution in [2.45, 2.75) is 25.7 Å². The predicted octanol–water partition coefficient (Wildman–Crippen LogP) is 3.84. The number of Topliss-reactive ketones (excluding diaryl/α,β-unsaturated/α-hetero) is 1. The molecule has 2 aromatic rings. The van der Waals surface area contributed by atoms with Crippen LogP contribution in [0.1, 0.15) is 24.0 Å². The van der Waals surface area contributed by atoms with E-state index in [2.05, 4.69) is 0 Å². The summed E-state index contributed by atoms with van der Waals surface area (Å²) in [6, 6.07) is 15.7. The Bertz CT molecular complexity index is 566. The molecule has 0 heterocycles. The number of carbonyl (C=O) groups is 1. The molecule has 0 spiro atoms. The number of ether oxygens (including phenoxy) is 2. The average Bonchev–Trinajstić information content (AvgIpc) is 2.58. The van der Waals surface area contributed by atoms with E-state index in [-0.39, 0.29) is 5.78 Å². The molecule has 0 radical (unpaired) electrons. The van der Waals surface area contributed by atoms with Crippen molar-refractivity contribution in [3.05, 3.63) is 59.7 Å². The molecule has 3 nitrogen and oxygen atoms in total. The van der Waals surface area contributed by atoms with Gasteiger partial charge in [-0.25, -0.2) is 0 Å². The quantitative estimate of drug-likeness (QED) is 0.743. The maximum Gasteiger partial charge on any atom is 0.133 e. The van der Waals surface area contributed by atoms with Gasteiger partial charge in [-0.05, 0) is 36.1 Å². The molecule has 0 aliphatic carbocycles. The van der Waals surface area contributed by atoms with Gasteiger partial charge in [0.1, 0.15) is 17.3 Å². The van der Waals surface area contributed by atoms with Crippen LogP contribution in [-0.4, -0.2) is 20.0 Å². The van der Waals surface area contributed by atoms with Crippen LogP contribution in [0.5, 0.6) is 11.5 Å². The highest BCUT2D eigenvalue weighted by molar-refractivity contribution is 5.79. The van der Waals surface area contributed by atoms with Crippen molar-refractivity contribution in [2.75, 3.05) is 14.2 Å². The minimum Gasteiger partial charge on any atom is -0.496 e. The summed E-state index contributed by atoms with van der Waals surface area (Å²) in [7, 11) is 3.31. The van der Waals surface area contributed by atoms with Gasteiger partial charge in [-0.3, -0.25) is 4.79 Å². The third-order valence-electron chi connectivity index (χ3n) is 3.73. The average molecular weight is 298 g/mol. The SMILES string of the molecule is COc1ccccc1CCC(=O)CCc1ccccc1OC. The Hall–Kier alpha value is -2.29. The predicted molar refractivity (Wildman–Crippen MR) is 87.6 cm³/mol. The fourth-order valence-corrected chi connectivity index (χ4v) is 2.49. The molecule has 2 aromatic carbocycles.